The highest BCUT2D eigenvalue weighted by molar-refractivity contribution is 7.85. The van der Waals surface area contributed by atoms with Gasteiger partial charge in [0.05, 0.1) is 16.8 Å². The van der Waals surface area contributed by atoms with Crippen LogP contribution in [0.2, 0.25) is 0 Å². The van der Waals surface area contributed by atoms with E-state index < -0.39 is 12.6 Å². The lowest BCUT2D eigenvalue weighted by atomic mass is 9.64. The third-order valence-electron chi connectivity index (χ3n) is 10.5. The fourth-order valence-electron chi connectivity index (χ4n) is 8.60. The van der Waals surface area contributed by atoms with Crippen LogP contribution in [-0.4, -0.2) is 0 Å². The number of hydrogen-bond donors (Lipinski definition) is 1. The van der Waals surface area contributed by atoms with E-state index in [2.05, 4.69) is 125 Å². The van der Waals surface area contributed by atoms with Crippen LogP contribution in [-0.2, 0) is 9.98 Å². The number of rotatable bonds is 4. The molecule has 0 radical (unpaired) electrons. The molecule has 0 bridgehead atoms. The zero-order valence-corrected chi connectivity index (χ0v) is 27.0. The summed E-state index contributed by atoms with van der Waals surface area (Å²) in [5, 5.41) is 6.41. The van der Waals surface area contributed by atoms with E-state index in [1.807, 2.05) is 60.7 Å². The van der Waals surface area contributed by atoms with Crippen molar-refractivity contribution in [3.05, 3.63) is 204 Å². The van der Waals surface area contributed by atoms with Crippen molar-refractivity contribution in [1.29, 1.82) is 0 Å². The van der Waals surface area contributed by atoms with Crippen molar-refractivity contribution in [3.8, 4) is 11.1 Å². The highest BCUT2D eigenvalue weighted by atomic mass is 31.2. The minimum atomic E-state index is -3.22. The molecule has 0 saturated heterocycles. The molecule has 0 amide bonds. The van der Waals surface area contributed by atoms with E-state index in [4.69, 9.17) is 0 Å². The van der Waals surface area contributed by atoms with E-state index in [-0.39, 0.29) is 6.17 Å². The Kier molecular flexibility index (Phi) is 5.83. The molecular weight excluding hydrogens is 603 g/mol. The van der Waals surface area contributed by atoms with Crippen LogP contribution in [0.5, 0.6) is 0 Å². The minimum Gasteiger partial charge on any atom is -0.359 e. The maximum Gasteiger partial charge on any atom is 0.171 e. The van der Waals surface area contributed by atoms with E-state index in [0.29, 0.717) is 0 Å². The van der Waals surface area contributed by atoms with Crippen LogP contribution in [0.1, 0.15) is 34.0 Å². The van der Waals surface area contributed by atoms with Crippen LogP contribution in [0.25, 0.3) is 11.1 Å². The van der Waals surface area contributed by atoms with Gasteiger partial charge >= 0.3 is 0 Å². The van der Waals surface area contributed by atoms with Gasteiger partial charge in [0.15, 0.2) is 7.14 Å². The van der Waals surface area contributed by atoms with Crippen molar-refractivity contribution in [2.75, 3.05) is 10.2 Å². The third-order valence-corrected chi connectivity index (χ3v) is 13.6. The molecule has 1 spiro atoms. The predicted molar refractivity (Wildman–Crippen MR) is 198 cm³/mol. The number of benzene rings is 7. The first-order valence-corrected chi connectivity index (χ1v) is 18.2. The van der Waals surface area contributed by atoms with Gasteiger partial charge in [-0.25, -0.2) is 0 Å². The average Bonchev–Trinajstić information content (AvgIpc) is 3.70. The normalized spacial score (nSPS) is 18.1. The van der Waals surface area contributed by atoms with E-state index in [1.165, 1.54) is 50.3 Å². The van der Waals surface area contributed by atoms with E-state index in [0.717, 1.165) is 21.6 Å². The second-order valence-corrected chi connectivity index (χ2v) is 15.6. The molecule has 7 aromatic rings. The van der Waals surface area contributed by atoms with Crippen molar-refractivity contribution in [2.24, 2.45) is 0 Å². The third kappa shape index (κ3) is 3.52. The zero-order chi connectivity index (χ0) is 31.9. The summed E-state index contributed by atoms with van der Waals surface area (Å²) >= 11 is 0. The van der Waals surface area contributed by atoms with Crippen molar-refractivity contribution in [1.82, 2.24) is 0 Å². The molecule has 3 nitrogen and oxygen atoms in total. The lowest BCUT2D eigenvalue weighted by Gasteiger charge is -2.44. The Hall–Kier alpha value is -5.63. The first-order chi connectivity index (χ1) is 23.7. The van der Waals surface area contributed by atoms with Crippen LogP contribution < -0.4 is 26.1 Å². The second kappa shape index (κ2) is 10.2. The first-order valence-electron chi connectivity index (χ1n) is 16.5. The van der Waals surface area contributed by atoms with Crippen molar-refractivity contribution < 1.29 is 4.57 Å². The number of anilines is 3. The fourth-order valence-corrected chi connectivity index (χ4v) is 11.3. The largest absolute Gasteiger partial charge is 0.359 e. The van der Waals surface area contributed by atoms with Crippen LogP contribution in [0, 0.1) is 0 Å². The standard InChI is InChI=1S/C44H31N2OP/c47-48(31-17-6-2-7-18-31,32-19-8-3-9-20-32)33-27-28-35-34-21-10-11-22-36(34)44(39(35)29-33)37-23-12-13-26-41(37)46-42-38(44)24-14-25-40(42)45-43(46)30-15-4-1-5-16-30/h1-29,43,45H. The van der Waals surface area contributed by atoms with Crippen LogP contribution >= 0.6 is 7.14 Å². The molecule has 4 heteroatoms. The summed E-state index contributed by atoms with van der Waals surface area (Å²) in [5.74, 6) is 0. The molecule has 0 fully saturated rings. The summed E-state index contributed by atoms with van der Waals surface area (Å²) in [7, 11) is -3.22. The Balaban J connectivity index is 1.30. The lowest BCUT2D eigenvalue weighted by Crippen LogP contribution is -2.38. The van der Waals surface area contributed by atoms with E-state index >= 15 is 4.57 Å². The molecular formula is C44H31N2OP. The molecule has 2 aliphatic heterocycles. The quantitative estimate of drug-likeness (QED) is 0.196. The molecule has 228 valence electrons. The average molecular weight is 635 g/mol. The molecule has 0 saturated carbocycles. The molecule has 0 aromatic heterocycles. The van der Waals surface area contributed by atoms with Gasteiger partial charge in [-0.15, -0.1) is 0 Å². The number of para-hydroxylation sites is 2. The smallest absolute Gasteiger partial charge is 0.171 e. The summed E-state index contributed by atoms with van der Waals surface area (Å²) in [6.45, 7) is 0. The predicted octanol–water partition coefficient (Wildman–Crippen LogP) is 9.26. The van der Waals surface area contributed by atoms with Gasteiger partial charge in [0, 0.05) is 21.6 Å². The van der Waals surface area contributed by atoms with Gasteiger partial charge in [-0.05, 0) is 57.1 Å². The summed E-state index contributed by atoms with van der Waals surface area (Å²) in [6.07, 6.45) is -0.0420. The van der Waals surface area contributed by atoms with Gasteiger partial charge in [-0.2, -0.15) is 0 Å². The van der Waals surface area contributed by atoms with Crippen molar-refractivity contribution in [3.63, 3.8) is 0 Å². The molecule has 1 N–H and O–H groups in total. The van der Waals surface area contributed by atoms with E-state index in [9.17, 15) is 0 Å². The molecule has 1 aliphatic carbocycles. The van der Waals surface area contributed by atoms with Crippen LogP contribution in [0.4, 0.5) is 17.1 Å². The molecule has 48 heavy (non-hydrogen) atoms. The number of nitrogens with zero attached hydrogens (tertiary/aromatic N) is 1. The summed E-state index contributed by atoms with van der Waals surface area (Å²) < 4.78 is 15.8. The van der Waals surface area contributed by atoms with Gasteiger partial charge in [-0.1, -0.05) is 158 Å². The Bertz CT molecular complexity index is 2380. The maximum absolute atomic E-state index is 15.8. The van der Waals surface area contributed by atoms with Gasteiger partial charge in [0.2, 0.25) is 0 Å². The SMILES string of the molecule is O=P(c1ccccc1)(c1ccccc1)c1ccc2c(c1)C1(c3ccccc3-2)c2ccccc2N2c3c(cccc31)NC2c1ccccc1. The monoisotopic (exact) mass is 634 g/mol. The van der Waals surface area contributed by atoms with Crippen molar-refractivity contribution >= 4 is 40.1 Å². The highest BCUT2D eigenvalue weighted by Crippen LogP contribution is 2.66. The fraction of sp³-hybridized carbons (Fsp3) is 0.0455. The van der Waals surface area contributed by atoms with Gasteiger partial charge in [0.1, 0.15) is 6.17 Å². The van der Waals surface area contributed by atoms with Crippen molar-refractivity contribution in [2.45, 2.75) is 11.6 Å². The molecule has 2 heterocycles. The number of hydrogen-bond acceptors (Lipinski definition) is 3. The maximum atomic E-state index is 15.8. The molecule has 2 atom stereocenters. The van der Waals surface area contributed by atoms with Gasteiger partial charge in [-0.3, -0.25) is 0 Å². The Labute approximate surface area is 280 Å². The Morgan fingerprint density at radius 3 is 1.81 bits per heavy atom. The molecule has 3 aliphatic rings. The zero-order valence-electron chi connectivity index (χ0n) is 26.1. The molecule has 7 aromatic carbocycles. The summed E-state index contributed by atoms with van der Waals surface area (Å²) in [5.41, 5.74) is 11.4. The lowest BCUT2D eigenvalue weighted by molar-refractivity contribution is 0.592. The van der Waals surface area contributed by atoms with Crippen LogP contribution in [0.15, 0.2) is 176 Å². The summed E-state index contributed by atoms with van der Waals surface area (Å²) in [4.78, 5) is 2.49. The minimum absolute atomic E-state index is 0.0420. The van der Waals surface area contributed by atoms with Crippen LogP contribution in [0.3, 0.4) is 0 Å². The topological polar surface area (TPSA) is 32.3 Å². The highest BCUT2D eigenvalue weighted by Gasteiger charge is 2.54. The molecule has 2 unspecified atom stereocenters. The molecule has 10 rings (SSSR count). The number of fused-ring (bicyclic) bond motifs is 9. The number of nitrogens with one attached hydrogen (secondary N) is 1. The van der Waals surface area contributed by atoms with Gasteiger partial charge in [0.25, 0.3) is 0 Å². The Morgan fingerprint density at radius 2 is 1.08 bits per heavy atom. The Morgan fingerprint density at radius 1 is 0.500 bits per heavy atom. The second-order valence-electron chi connectivity index (χ2n) is 12.9. The van der Waals surface area contributed by atoms with Gasteiger partial charge < -0.3 is 14.8 Å². The first kappa shape index (κ1) is 27.5. The summed E-state index contributed by atoms with van der Waals surface area (Å²) in [6, 6.07) is 61.7. The van der Waals surface area contributed by atoms with E-state index in [1.54, 1.807) is 0 Å².